The van der Waals surface area contributed by atoms with Crippen LogP contribution >= 0.6 is 0 Å². The van der Waals surface area contributed by atoms with E-state index in [-0.39, 0.29) is 5.16 Å². The van der Waals surface area contributed by atoms with Crippen LogP contribution in [0.25, 0.3) is 11.0 Å². The first-order valence-electron chi connectivity index (χ1n) is 5.30. The van der Waals surface area contributed by atoms with E-state index in [9.17, 15) is 4.21 Å². The van der Waals surface area contributed by atoms with E-state index >= 15 is 0 Å². The standard InChI is InChI=1S/C11H14N2O2S/c1-2-3-4-8-5-6-9-10(7-8)13-11(12-9)16(14)15/h5-7H,2-4H2,1H3,(H,12,13)(H,14,15). The summed E-state index contributed by atoms with van der Waals surface area (Å²) in [7, 11) is 0. The molecule has 0 aliphatic heterocycles. The summed E-state index contributed by atoms with van der Waals surface area (Å²) in [5, 5.41) is 0.114. The number of aromatic amines is 1. The highest BCUT2D eigenvalue weighted by molar-refractivity contribution is 7.79. The molecule has 1 aromatic carbocycles. The third kappa shape index (κ3) is 2.31. The summed E-state index contributed by atoms with van der Waals surface area (Å²) >= 11 is -2.04. The van der Waals surface area contributed by atoms with E-state index in [1.165, 1.54) is 5.56 Å². The predicted molar refractivity (Wildman–Crippen MR) is 63.7 cm³/mol. The van der Waals surface area contributed by atoms with Gasteiger partial charge >= 0.3 is 0 Å². The zero-order valence-corrected chi connectivity index (χ0v) is 9.88. The van der Waals surface area contributed by atoms with Gasteiger partial charge in [-0.15, -0.1) is 0 Å². The SMILES string of the molecule is CCCCc1ccc2nc(S(=O)O)[nH]c2c1. The van der Waals surface area contributed by atoms with E-state index in [1.54, 1.807) is 0 Å². The molecule has 2 aromatic rings. The van der Waals surface area contributed by atoms with Crippen molar-refractivity contribution in [2.75, 3.05) is 0 Å². The number of fused-ring (bicyclic) bond motifs is 1. The van der Waals surface area contributed by atoms with Crippen LogP contribution in [0, 0.1) is 0 Å². The molecule has 2 N–H and O–H groups in total. The highest BCUT2D eigenvalue weighted by Crippen LogP contribution is 2.16. The van der Waals surface area contributed by atoms with Crippen LogP contribution in [-0.2, 0) is 17.5 Å². The third-order valence-electron chi connectivity index (χ3n) is 2.51. The van der Waals surface area contributed by atoms with Gasteiger partial charge in [-0.3, -0.25) is 4.55 Å². The van der Waals surface area contributed by atoms with Crippen LogP contribution in [0.1, 0.15) is 25.3 Å². The molecule has 0 saturated heterocycles. The summed E-state index contributed by atoms with van der Waals surface area (Å²) in [4.78, 5) is 6.88. The molecule has 0 bridgehead atoms. The molecule has 0 fully saturated rings. The van der Waals surface area contributed by atoms with E-state index in [2.05, 4.69) is 16.9 Å². The number of aryl methyl sites for hydroxylation is 1. The van der Waals surface area contributed by atoms with Crippen LogP contribution in [0.2, 0.25) is 0 Å². The average molecular weight is 238 g/mol. The van der Waals surface area contributed by atoms with Gasteiger partial charge in [0.1, 0.15) is 0 Å². The number of aromatic nitrogens is 2. The molecular weight excluding hydrogens is 224 g/mol. The number of unbranched alkanes of at least 4 members (excludes halogenated alkanes) is 1. The van der Waals surface area contributed by atoms with E-state index in [0.717, 1.165) is 30.3 Å². The molecule has 0 saturated carbocycles. The van der Waals surface area contributed by atoms with Crippen LogP contribution in [0.3, 0.4) is 0 Å². The Morgan fingerprint density at radius 3 is 3.00 bits per heavy atom. The normalized spacial score (nSPS) is 13.1. The van der Waals surface area contributed by atoms with Gasteiger partial charge < -0.3 is 4.98 Å². The van der Waals surface area contributed by atoms with Gasteiger partial charge in [-0.1, -0.05) is 19.4 Å². The first-order chi connectivity index (χ1) is 7.70. The lowest BCUT2D eigenvalue weighted by Gasteiger charge is -1.98. The van der Waals surface area contributed by atoms with Crippen molar-refractivity contribution in [3.8, 4) is 0 Å². The average Bonchev–Trinajstić information content (AvgIpc) is 2.69. The van der Waals surface area contributed by atoms with E-state index < -0.39 is 11.1 Å². The second-order valence-corrected chi connectivity index (χ2v) is 4.63. The molecule has 0 radical (unpaired) electrons. The number of nitrogens with zero attached hydrogens (tertiary/aromatic N) is 1. The maximum atomic E-state index is 10.8. The summed E-state index contributed by atoms with van der Waals surface area (Å²) < 4.78 is 19.8. The van der Waals surface area contributed by atoms with Gasteiger partial charge in [0.25, 0.3) is 0 Å². The number of nitrogens with one attached hydrogen (secondary N) is 1. The fraction of sp³-hybridized carbons (Fsp3) is 0.364. The van der Waals surface area contributed by atoms with Crippen LogP contribution < -0.4 is 0 Å². The first kappa shape index (κ1) is 11.3. The topological polar surface area (TPSA) is 66.0 Å². The minimum Gasteiger partial charge on any atom is -0.329 e. The molecule has 16 heavy (non-hydrogen) atoms. The van der Waals surface area contributed by atoms with Gasteiger partial charge in [0, 0.05) is 0 Å². The monoisotopic (exact) mass is 238 g/mol. The Morgan fingerprint density at radius 1 is 1.50 bits per heavy atom. The second kappa shape index (κ2) is 4.76. The number of rotatable bonds is 4. The Hall–Kier alpha value is -1.20. The van der Waals surface area contributed by atoms with E-state index in [1.807, 2.05) is 18.2 Å². The zero-order chi connectivity index (χ0) is 11.5. The van der Waals surface area contributed by atoms with Crippen molar-refractivity contribution >= 4 is 22.1 Å². The summed E-state index contributed by atoms with van der Waals surface area (Å²) in [6, 6.07) is 5.89. The van der Waals surface area contributed by atoms with Crippen molar-refractivity contribution in [3.05, 3.63) is 23.8 Å². The molecule has 5 heteroatoms. The molecule has 0 aliphatic carbocycles. The fourth-order valence-electron chi connectivity index (χ4n) is 1.65. The van der Waals surface area contributed by atoms with Crippen LogP contribution in [0.5, 0.6) is 0 Å². The molecule has 4 nitrogen and oxygen atoms in total. The van der Waals surface area contributed by atoms with Gasteiger partial charge in [-0.05, 0) is 30.5 Å². The largest absolute Gasteiger partial charge is 0.329 e. The smallest absolute Gasteiger partial charge is 0.225 e. The Kier molecular flexibility index (Phi) is 3.36. The molecule has 1 aromatic heterocycles. The molecule has 2 rings (SSSR count). The Morgan fingerprint density at radius 2 is 2.31 bits per heavy atom. The number of benzene rings is 1. The minimum absolute atomic E-state index is 0.114. The second-order valence-electron chi connectivity index (χ2n) is 3.75. The number of hydrogen-bond acceptors (Lipinski definition) is 2. The quantitative estimate of drug-likeness (QED) is 0.804. The lowest BCUT2D eigenvalue weighted by atomic mass is 10.1. The number of imidazole rings is 1. The summed E-state index contributed by atoms with van der Waals surface area (Å²) in [6.07, 6.45) is 3.34. The molecule has 1 heterocycles. The summed E-state index contributed by atoms with van der Waals surface area (Å²) in [6.45, 7) is 2.15. The van der Waals surface area contributed by atoms with Crippen molar-refractivity contribution in [1.29, 1.82) is 0 Å². The first-order valence-corrected chi connectivity index (χ1v) is 6.41. The van der Waals surface area contributed by atoms with Crippen LogP contribution in [-0.4, -0.2) is 18.7 Å². The summed E-state index contributed by atoms with van der Waals surface area (Å²) in [5.41, 5.74) is 2.79. The van der Waals surface area contributed by atoms with Crippen LogP contribution in [0.4, 0.5) is 0 Å². The van der Waals surface area contributed by atoms with E-state index in [4.69, 9.17) is 4.55 Å². The molecule has 1 atom stereocenters. The molecule has 0 amide bonds. The lowest BCUT2D eigenvalue weighted by Crippen LogP contribution is -1.89. The Bertz CT molecular complexity index is 522. The summed E-state index contributed by atoms with van der Waals surface area (Å²) in [5.74, 6) is 0. The highest BCUT2D eigenvalue weighted by atomic mass is 32.2. The maximum Gasteiger partial charge on any atom is 0.225 e. The number of H-pyrrole nitrogens is 1. The van der Waals surface area contributed by atoms with Gasteiger partial charge in [0.05, 0.1) is 11.0 Å². The molecular formula is C11H14N2O2S. The minimum atomic E-state index is -2.04. The van der Waals surface area contributed by atoms with Gasteiger partial charge in [0.2, 0.25) is 16.2 Å². The van der Waals surface area contributed by atoms with Crippen LogP contribution in [0.15, 0.2) is 23.4 Å². The number of hydrogen-bond donors (Lipinski definition) is 2. The Balaban J connectivity index is 2.34. The van der Waals surface area contributed by atoms with Gasteiger partial charge in [-0.2, -0.15) is 0 Å². The molecule has 1 unspecified atom stereocenters. The van der Waals surface area contributed by atoms with Crippen molar-refractivity contribution in [1.82, 2.24) is 9.97 Å². The Labute approximate surface area is 96.4 Å². The highest BCUT2D eigenvalue weighted by Gasteiger charge is 2.07. The predicted octanol–water partition coefficient (Wildman–Crippen LogP) is 2.49. The van der Waals surface area contributed by atoms with Crippen molar-refractivity contribution in [3.63, 3.8) is 0 Å². The van der Waals surface area contributed by atoms with Gasteiger partial charge in [-0.25, -0.2) is 9.19 Å². The molecule has 0 spiro atoms. The maximum absolute atomic E-state index is 10.8. The van der Waals surface area contributed by atoms with Gasteiger partial charge in [0.15, 0.2) is 0 Å². The zero-order valence-electron chi connectivity index (χ0n) is 9.06. The van der Waals surface area contributed by atoms with Crippen molar-refractivity contribution < 1.29 is 8.76 Å². The van der Waals surface area contributed by atoms with Crippen molar-refractivity contribution in [2.24, 2.45) is 0 Å². The lowest BCUT2D eigenvalue weighted by molar-refractivity contribution is 0.557. The molecule has 0 aliphatic rings. The third-order valence-corrected chi connectivity index (χ3v) is 3.03. The fourth-order valence-corrected chi connectivity index (χ4v) is 2.03. The van der Waals surface area contributed by atoms with E-state index in [0.29, 0.717) is 0 Å². The van der Waals surface area contributed by atoms with Crippen molar-refractivity contribution in [2.45, 2.75) is 31.3 Å². The molecule has 86 valence electrons.